The summed E-state index contributed by atoms with van der Waals surface area (Å²) >= 11 is 1.56. The topological polar surface area (TPSA) is 157 Å². The van der Waals surface area contributed by atoms with E-state index in [4.69, 9.17) is 28.4 Å². The average Bonchev–Trinajstić information content (AvgIpc) is 3.61. The van der Waals surface area contributed by atoms with E-state index in [1.165, 1.54) is 14.0 Å². The van der Waals surface area contributed by atoms with E-state index >= 15 is 0 Å². The molecular weight excluding hydrogens is 690 g/mol. The molecule has 0 saturated carbocycles. The van der Waals surface area contributed by atoms with Crippen LogP contribution in [-0.4, -0.2) is 85.6 Å². The molecule has 3 aromatic carbocycles. The lowest BCUT2D eigenvalue weighted by Gasteiger charge is -2.57. The van der Waals surface area contributed by atoms with Crippen molar-refractivity contribution < 1.29 is 48.2 Å². The number of piperazine rings is 1. The molecule has 14 heteroatoms. The molecule has 1 spiro atoms. The van der Waals surface area contributed by atoms with Crippen molar-refractivity contribution in [3.63, 3.8) is 0 Å². The van der Waals surface area contributed by atoms with E-state index in [2.05, 4.69) is 21.6 Å². The van der Waals surface area contributed by atoms with E-state index in [-0.39, 0.29) is 54.5 Å². The van der Waals surface area contributed by atoms with Gasteiger partial charge in [0.2, 0.25) is 6.79 Å². The van der Waals surface area contributed by atoms with Crippen LogP contribution in [0.15, 0.2) is 18.2 Å². The van der Waals surface area contributed by atoms with Gasteiger partial charge in [-0.05, 0) is 61.1 Å². The monoisotopic (exact) mass is 731 g/mol. The van der Waals surface area contributed by atoms with Gasteiger partial charge in [-0.1, -0.05) is 6.07 Å². The first-order valence-electron chi connectivity index (χ1n) is 17.6. The molecule has 0 amide bonds. The summed E-state index contributed by atoms with van der Waals surface area (Å²) in [4.78, 5) is 29.8. The predicted octanol–water partition coefficient (Wildman–Crippen LogP) is 3.75. The maximum Gasteiger partial charge on any atom is 0.331 e. The van der Waals surface area contributed by atoms with Gasteiger partial charge in [-0.2, -0.15) is 0 Å². The number of carbonyl (C=O) groups excluding carboxylic acids is 2. The number of thioether (sulfide) groups is 1. The number of nitrogens with one attached hydrogen (secondary N) is 2. The minimum Gasteiger partial charge on any atom is -0.504 e. The number of esters is 2. The number of hydrogen-bond donors (Lipinski definition) is 4. The SMILES string of the molecule is COc1cc2c(cc1O)CCN[C@]21CS[C@@H]2c3c(OC(C)=O)c(C)c4c(c3[C@H](COC1=O)N1C[C@@H]3Cc5cc(C)c(OC)c(O)c5[C@@H](N3)[C@H]21)OCO4. The molecule has 0 aliphatic carbocycles. The molecule has 7 aliphatic rings. The molecule has 0 unspecified atom stereocenters. The zero-order chi connectivity index (χ0) is 36.2. The van der Waals surface area contributed by atoms with Crippen LogP contribution in [0.2, 0.25) is 0 Å². The Morgan fingerprint density at radius 1 is 1.02 bits per heavy atom. The van der Waals surface area contributed by atoms with Crippen LogP contribution in [0.4, 0.5) is 0 Å². The first-order chi connectivity index (χ1) is 25.1. The summed E-state index contributed by atoms with van der Waals surface area (Å²) in [6.07, 6.45) is 1.29. The Hall–Kier alpha value is -4.37. The molecular formula is C38H41N3O10S. The minimum atomic E-state index is -1.29. The van der Waals surface area contributed by atoms with Crippen LogP contribution in [0, 0.1) is 13.8 Å². The highest BCUT2D eigenvalue weighted by Crippen LogP contribution is 2.62. The van der Waals surface area contributed by atoms with E-state index in [0.717, 1.165) is 33.4 Å². The maximum atomic E-state index is 14.6. The Morgan fingerprint density at radius 3 is 2.60 bits per heavy atom. The van der Waals surface area contributed by atoms with Gasteiger partial charge in [0.05, 0.1) is 31.6 Å². The number of fused-ring (bicyclic) bond motifs is 9. The van der Waals surface area contributed by atoms with Gasteiger partial charge in [0.15, 0.2) is 40.0 Å². The second-order valence-corrected chi connectivity index (χ2v) is 15.6. The van der Waals surface area contributed by atoms with Gasteiger partial charge < -0.3 is 44.0 Å². The summed E-state index contributed by atoms with van der Waals surface area (Å²) in [6.45, 7) is 6.28. The summed E-state index contributed by atoms with van der Waals surface area (Å²) < 4.78 is 36.0. The standard InChI is InChI=1S/C38H41N3O10S/c1-16-8-20-9-21-12-41-23-13-48-37(45)38(22-11-25(46-4)24(43)10-19(22)6-7-39-38)14-52-36(30(41)29(40-21)26(20)31(44)32(16)47-5)28-27(23)35-34(49-15-50-35)17(2)33(28)51-18(3)42/h8,10-11,21,23,29-30,36,39-40,43-44H,6-7,9,12-15H2,1-5H3/t21-,23-,29+,30+,36+,38+/m0/s1. The first-order valence-corrected chi connectivity index (χ1v) is 18.6. The number of phenolic OH excluding ortho intramolecular Hbond substituents is 2. The molecule has 3 aromatic rings. The van der Waals surface area contributed by atoms with E-state index in [1.54, 1.807) is 31.0 Å². The number of benzene rings is 3. The number of aromatic hydroxyl groups is 2. The van der Waals surface area contributed by atoms with E-state index in [0.29, 0.717) is 60.1 Å². The van der Waals surface area contributed by atoms with Gasteiger partial charge in [-0.15, -0.1) is 11.8 Å². The van der Waals surface area contributed by atoms with Crippen LogP contribution >= 0.6 is 11.8 Å². The maximum absolute atomic E-state index is 14.6. The summed E-state index contributed by atoms with van der Waals surface area (Å²) in [5, 5.41) is 29.5. The van der Waals surface area contributed by atoms with E-state index < -0.39 is 28.8 Å². The van der Waals surface area contributed by atoms with Crippen LogP contribution in [0.3, 0.4) is 0 Å². The Morgan fingerprint density at radius 2 is 1.83 bits per heavy atom. The van der Waals surface area contributed by atoms with Gasteiger partial charge in [0, 0.05) is 60.1 Å². The van der Waals surface area contributed by atoms with Crippen molar-refractivity contribution in [2.75, 3.05) is 46.5 Å². The smallest absolute Gasteiger partial charge is 0.331 e. The van der Waals surface area contributed by atoms with Crippen molar-refractivity contribution in [1.29, 1.82) is 0 Å². The third-order valence-corrected chi connectivity index (χ3v) is 13.1. The molecule has 0 aromatic heterocycles. The van der Waals surface area contributed by atoms with E-state index in [1.807, 2.05) is 13.8 Å². The molecule has 10 rings (SSSR count). The van der Waals surface area contributed by atoms with Crippen LogP contribution in [-0.2, 0) is 32.7 Å². The highest BCUT2D eigenvalue weighted by molar-refractivity contribution is 7.99. The van der Waals surface area contributed by atoms with Crippen molar-refractivity contribution in [2.24, 2.45) is 0 Å². The third-order valence-electron chi connectivity index (χ3n) is 11.7. The molecule has 13 nitrogen and oxygen atoms in total. The van der Waals surface area contributed by atoms with Crippen LogP contribution in [0.25, 0.3) is 0 Å². The Balaban J connectivity index is 1.29. The molecule has 4 N–H and O–H groups in total. The summed E-state index contributed by atoms with van der Waals surface area (Å²) in [7, 11) is 3.04. The lowest BCUT2D eigenvalue weighted by atomic mass is 9.74. The zero-order valence-electron chi connectivity index (χ0n) is 29.6. The molecule has 4 bridgehead atoms. The molecule has 6 atom stereocenters. The lowest BCUT2D eigenvalue weighted by Crippen LogP contribution is -2.65. The number of carbonyl (C=O) groups is 2. The number of methoxy groups -OCH3 is 2. The predicted molar refractivity (Wildman–Crippen MR) is 189 cm³/mol. The lowest BCUT2D eigenvalue weighted by molar-refractivity contribution is -0.155. The van der Waals surface area contributed by atoms with Crippen molar-refractivity contribution >= 4 is 23.7 Å². The fourth-order valence-corrected chi connectivity index (χ4v) is 11.3. The number of hydrogen-bond acceptors (Lipinski definition) is 14. The molecule has 274 valence electrons. The number of aryl methyl sites for hydroxylation is 1. The molecule has 7 heterocycles. The van der Waals surface area contributed by atoms with Crippen molar-refractivity contribution in [1.82, 2.24) is 15.5 Å². The zero-order valence-corrected chi connectivity index (χ0v) is 30.4. The van der Waals surface area contributed by atoms with Gasteiger partial charge in [0.25, 0.3) is 0 Å². The summed E-state index contributed by atoms with van der Waals surface area (Å²) in [6, 6.07) is 4.36. The van der Waals surface area contributed by atoms with Crippen molar-refractivity contribution in [3.05, 3.63) is 62.7 Å². The molecule has 2 saturated heterocycles. The van der Waals surface area contributed by atoms with Gasteiger partial charge in [-0.3, -0.25) is 15.0 Å². The second kappa shape index (κ2) is 12.1. The highest BCUT2D eigenvalue weighted by Gasteiger charge is 2.57. The minimum absolute atomic E-state index is 0.00431. The average molecular weight is 732 g/mol. The first kappa shape index (κ1) is 33.5. The number of rotatable bonds is 3. The second-order valence-electron chi connectivity index (χ2n) is 14.4. The Labute approximate surface area is 304 Å². The fraction of sp³-hybridized carbons (Fsp3) is 0.474. The molecule has 0 radical (unpaired) electrons. The van der Waals surface area contributed by atoms with Gasteiger partial charge in [0.1, 0.15) is 12.4 Å². The van der Waals surface area contributed by atoms with Crippen molar-refractivity contribution in [2.45, 2.75) is 68.6 Å². The molecule has 52 heavy (non-hydrogen) atoms. The van der Waals surface area contributed by atoms with Gasteiger partial charge in [-0.25, -0.2) is 4.79 Å². The highest BCUT2D eigenvalue weighted by atomic mass is 32.2. The third kappa shape index (κ3) is 4.66. The fourth-order valence-electron chi connectivity index (χ4n) is 9.58. The summed E-state index contributed by atoms with van der Waals surface area (Å²) in [5.74, 6) is 1.60. The molecule has 2 fully saturated rings. The Kier molecular flexibility index (Phi) is 7.78. The van der Waals surface area contributed by atoms with E-state index in [9.17, 15) is 19.8 Å². The van der Waals surface area contributed by atoms with Crippen LogP contribution in [0.5, 0.6) is 40.2 Å². The Bertz CT molecular complexity index is 2060. The number of nitrogens with zero attached hydrogens (tertiary/aromatic N) is 1. The number of phenols is 2. The van der Waals surface area contributed by atoms with Crippen LogP contribution in [0.1, 0.15) is 68.8 Å². The van der Waals surface area contributed by atoms with Gasteiger partial charge >= 0.3 is 11.9 Å². The van der Waals surface area contributed by atoms with Crippen molar-refractivity contribution in [3.8, 4) is 40.2 Å². The largest absolute Gasteiger partial charge is 0.504 e. The summed E-state index contributed by atoms with van der Waals surface area (Å²) in [5.41, 5.74) is 5.13. The number of ether oxygens (including phenoxy) is 6. The quantitative estimate of drug-likeness (QED) is 0.228. The van der Waals surface area contributed by atoms with Crippen LogP contribution < -0.4 is 34.3 Å². The normalized spacial score (nSPS) is 28.2. The molecule has 7 aliphatic heterocycles.